The zero-order valence-corrected chi connectivity index (χ0v) is 32.1. The van der Waals surface area contributed by atoms with E-state index in [9.17, 15) is 19.5 Å². The number of aromatic amines is 1. The van der Waals surface area contributed by atoms with Crippen molar-refractivity contribution in [1.29, 1.82) is 0 Å². The topological polar surface area (TPSA) is 155 Å². The number of carbonyl (C=O) groups excluding carboxylic acids is 3. The second-order valence-electron chi connectivity index (χ2n) is 15.3. The summed E-state index contributed by atoms with van der Waals surface area (Å²) < 4.78 is 35.4. The van der Waals surface area contributed by atoms with E-state index in [1.54, 1.807) is 14.0 Å². The van der Waals surface area contributed by atoms with Crippen molar-refractivity contribution in [3.8, 4) is 0 Å². The highest BCUT2D eigenvalue weighted by molar-refractivity contribution is 5.97. The minimum atomic E-state index is -1.49. The molecule has 2 saturated heterocycles. The van der Waals surface area contributed by atoms with Gasteiger partial charge in [-0.3, -0.25) is 4.79 Å². The van der Waals surface area contributed by atoms with Gasteiger partial charge in [0.25, 0.3) is 0 Å². The molecule has 53 heavy (non-hydrogen) atoms. The van der Waals surface area contributed by atoms with Gasteiger partial charge in [0.1, 0.15) is 23.8 Å². The highest BCUT2D eigenvalue weighted by Crippen LogP contribution is 2.40. The molecule has 0 spiro atoms. The largest absolute Gasteiger partial charge is 0.467 e. The molecular weight excluding hydrogens is 680 g/mol. The fourth-order valence-electron chi connectivity index (χ4n) is 6.91. The van der Waals surface area contributed by atoms with Gasteiger partial charge in [-0.25, -0.2) is 14.6 Å². The number of methoxy groups -OCH3 is 1. The first-order valence-corrected chi connectivity index (χ1v) is 18.4. The zero-order chi connectivity index (χ0) is 38.4. The predicted molar refractivity (Wildman–Crippen MR) is 198 cm³/mol. The number of allylic oxidation sites excluding steroid dienone is 3. The maximum absolute atomic E-state index is 13.7. The van der Waals surface area contributed by atoms with Gasteiger partial charge in [-0.1, -0.05) is 45.9 Å². The lowest BCUT2D eigenvalue weighted by atomic mass is 9.83. The van der Waals surface area contributed by atoms with Crippen LogP contribution in [0.25, 0.3) is 0 Å². The molecule has 2 N–H and O–H groups in total. The number of aliphatic hydroxyl groups excluding tert-OH is 1. The van der Waals surface area contributed by atoms with Crippen LogP contribution >= 0.6 is 0 Å². The fraction of sp³-hybridized carbons (Fsp3) is 0.561. The number of esters is 3. The molecule has 12 nitrogen and oxygen atoms in total. The van der Waals surface area contributed by atoms with E-state index in [0.717, 1.165) is 34.9 Å². The number of carbonyl (C=O) groups is 3. The monoisotopic (exact) mass is 734 g/mol. The number of hydrogen-bond acceptors (Lipinski definition) is 11. The Morgan fingerprint density at radius 3 is 2.60 bits per heavy atom. The van der Waals surface area contributed by atoms with Gasteiger partial charge in [-0.05, 0) is 85.9 Å². The molecular formula is C41H54N2O10. The molecule has 1 aromatic heterocycles. The lowest BCUT2D eigenvalue weighted by molar-refractivity contribution is -0.153. The van der Waals surface area contributed by atoms with Gasteiger partial charge in [0.05, 0.1) is 25.9 Å². The summed E-state index contributed by atoms with van der Waals surface area (Å²) >= 11 is 0. The van der Waals surface area contributed by atoms with Gasteiger partial charge >= 0.3 is 17.9 Å². The second-order valence-corrected chi connectivity index (χ2v) is 15.3. The van der Waals surface area contributed by atoms with Crippen LogP contribution < -0.4 is 0 Å². The number of ether oxygens (including phenoxy) is 6. The van der Waals surface area contributed by atoms with E-state index >= 15 is 0 Å². The van der Waals surface area contributed by atoms with E-state index in [0.29, 0.717) is 42.7 Å². The third-order valence-corrected chi connectivity index (χ3v) is 9.98. The van der Waals surface area contributed by atoms with Gasteiger partial charge in [-0.15, -0.1) is 0 Å². The van der Waals surface area contributed by atoms with E-state index in [4.69, 9.17) is 33.4 Å². The van der Waals surface area contributed by atoms with E-state index < -0.39 is 54.3 Å². The van der Waals surface area contributed by atoms with Crippen molar-refractivity contribution in [3.05, 3.63) is 81.8 Å². The normalized spacial score (nSPS) is 32.0. The maximum atomic E-state index is 13.7. The third kappa shape index (κ3) is 9.28. The molecule has 0 aliphatic carbocycles. The van der Waals surface area contributed by atoms with Gasteiger partial charge in [-0.2, -0.15) is 0 Å². The van der Waals surface area contributed by atoms with Crippen LogP contribution in [0, 0.1) is 17.3 Å². The van der Waals surface area contributed by atoms with Crippen LogP contribution in [0.5, 0.6) is 0 Å². The third-order valence-electron chi connectivity index (χ3n) is 9.98. The van der Waals surface area contributed by atoms with Gasteiger partial charge < -0.3 is 38.5 Å². The molecule has 1 aromatic rings. The Bertz CT molecular complexity index is 1730. The molecule has 6 atom stereocenters. The van der Waals surface area contributed by atoms with Crippen molar-refractivity contribution in [2.24, 2.45) is 22.2 Å². The Labute approximate surface area is 312 Å². The number of fused-ring (bicyclic) bond motifs is 6. The molecule has 2 fully saturated rings. The Balaban J connectivity index is 1.55. The van der Waals surface area contributed by atoms with Crippen molar-refractivity contribution in [2.75, 3.05) is 33.5 Å². The number of nitrogens with zero attached hydrogens (tertiary/aromatic N) is 1. The molecule has 0 saturated carbocycles. The van der Waals surface area contributed by atoms with Crippen LogP contribution in [-0.2, 0) is 49.2 Å². The molecule has 6 unspecified atom stereocenters. The summed E-state index contributed by atoms with van der Waals surface area (Å²) in [6.07, 6.45) is 7.71. The van der Waals surface area contributed by atoms with Crippen molar-refractivity contribution >= 4 is 23.8 Å². The van der Waals surface area contributed by atoms with Crippen molar-refractivity contribution < 1.29 is 47.9 Å². The number of aliphatic hydroxyl groups is 1. The van der Waals surface area contributed by atoms with E-state index in [1.165, 1.54) is 6.92 Å². The summed E-state index contributed by atoms with van der Waals surface area (Å²) in [7, 11) is 1.66. The van der Waals surface area contributed by atoms with Crippen LogP contribution in [0.3, 0.4) is 0 Å². The summed E-state index contributed by atoms with van der Waals surface area (Å²) in [6.45, 7) is 13.7. The summed E-state index contributed by atoms with van der Waals surface area (Å²) in [5, 5.41) is 10.2. The summed E-state index contributed by atoms with van der Waals surface area (Å²) in [5.74, 6) is -1.44. The minimum Gasteiger partial charge on any atom is -0.467 e. The standard InChI is InChI=1S/C41H54N2O10/c1-23(2)16-27-18-35(45)52-37-36(53-40(47)41(37,7)22-44)26(6)11-12-28-13-14-31(42-28)38-43-32(34(51-38)21-50-39(27)46)19-29-30(25(5)10-9-15-48-8)20-49-33(29)17-24(3)4/h9-11,13-14,18-19,23-24,32-34,36-37,42,44H,12,15-17,20-22H2,1-8H3/b10-9+,26-11-,27-18-,29-19-,30-25+. The fourth-order valence-corrected chi connectivity index (χ4v) is 6.91. The SMILES string of the molecule is COC/C=C/C(C)=C1\COC(CC(C)C)\C1=C/C1N=C2OC1COC(=O)/C(CC(C)C)=C\C(=O)OC1C(OC(=O)C1(C)CO)/C(C)=C\Cc1ccc2[nH]1. The van der Waals surface area contributed by atoms with Crippen LogP contribution in [0.2, 0.25) is 0 Å². The Hall–Kier alpha value is -4.26. The van der Waals surface area contributed by atoms with Gasteiger partial charge in [0, 0.05) is 30.9 Å². The highest BCUT2D eigenvalue weighted by Gasteiger charge is 2.57. The zero-order valence-electron chi connectivity index (χ0n) is 32.1. The lowest BCUT2D eigenvalue weighted by Gasteiger charge is -2.27. The number of nitrogens with one attached hydrogen (secondary N) is 1. The molecule has 0 aromatic carbocycles. The average Bonchev–Trinajstić information content (AvgIpc) is 3.89. The van der Waals surface area contributed by atoms with Gasteiger partial charge in [0.2, 0.25) is 5.90 Å². The molecule has 288 valence electrons. The smallest absolute Gasteiger partial charge is 0.334 e. The first kappa shape index (κ1) is 39.9. The number of hydrogen-bond donors (Lipinski definition) is 2. The molecule has 0 radical (unpaired) electrons. The number of H-pyrrole nitrogens is 1. The van der Waals surface area contributed by atoms with Crippen LogP contribution in [0.1, 0.15) is 72.7 Å². The highest BCUT2D eigenvalue weighted by atomic mass is 16.6. The summed E-state index contributed by atoms with van der Waals surface area (Å²) in [4.78, 5) is 48.5. The number of rotatable bonds is 9. The number of aromatic nitrogens is 1. The predicted octanol–water partition coefficient (Wildman–Crippen LogP) is 5.27. The molecule has 12 heteroatoms. The first-order valence-electron chi connectivity index (χ1n) is 18.4. The van der Waals surface area contributed by atoms with E-state index in [1.807, 2.05) is 44.2 Å². The number of aliphatic imine (C=N–C) groups is 1. The molecule has 4 aliphatic rings. The van der Waals surface area contributed by atoms with E-state index in [2.05, 4.69) is 31.8 Å². The molecule has 4 bridgehead atoms. The van der Waals surface area contributed by atoms with Crippen LogP contribution in [0.15, 0.2) is 75.4 Å². The maximum Gasteiger partial charge on any atom is 0.334 e. The van der Waals surface area contributed by atoms with Crippen LogP contribution in [0.4, 0.5) is 0 Å². The van der Waals surface area contributed by atoms with Gasteiger partial charge in [0.15, 0.2) is 18.3 Å². The Morgan fingerprint density at radius 1 is 1.13 bits per heavy atom. The summed E-state index contributed by atoms with van der Waals surface area (Å²) in [5.41, 5.74) is 3.93. The average molecular weight is 735 g/mol. The molecule has 5 heterocycles. The molecule has 4 aliphatic heterocycles. The minimum absolute atomic E-state index is 0.000324. The molecule has 5 rings (SSSR count). The first-order chi connectivity index (χ1) is 25.2. The Morgan fingerprint density at radius 2 is 1.91 bits per heavy atom. The quantitative estimate of drug-likeness (QED) is 0.195. The second kappa shape index (κ2) is 17.3. The van der Waals surface area contributed by atoms with Crippen LogP contribution in [-0.4, -0.2) is 97.9 Å². The summed E-state index contributed by atoms with van der Waals surface area (Å²) in [6, 6.07) is 3.28. The van der Waals surface area contributed by atoms with Crippen molar-refractivity contribution in [2.45, 2.75) is 98.2 Å². The Kier molecular flexibility index (Phi) is 13.0. The molecule has 0 amide bonds. The lowest BCUT2D eigenvalue weighted by Crippen LogP contribution is -2.43. The number of cyclic esters (lactones) is 1. The van der Waals surface area contributed by atoms with Crippen molar-refractivity contribution in [1.82, 2.24) is 4.98 Å². The van der Waals surface area contributed by atoms with E-state index in [-0.39, 0.29) is 30.6 Å². The van der Waals surface area contributed by atoms with Crippen molar-refractivity contribution in [3.63, 3.8) is 0 Å².